The lowest BCUT2D eigenvalue weighted by atomic mass is 10.1. The molecule has 2 saturated carbocycles. The Hall–Kier alpha value is -5.04. The standard InChI is InChI=1S/C30H28FN9O3/c31-22-16-21(22)28(41)35-19-6-9-25-23(15-19)36-30(43-25)18-10-11-32-24(14-18)29(42)34-13-12-33-26(17-4-2-1-3-5-17)27-37-39-40(38-27)20-7-8-20/h1-6,9-11,14-15,20-22,26,33H,7-8,12-13,16H2,(H,34,42)(H,35,41)/t21-,22+,26?/m1/s1. The SMILES string of the molecule is O=C(NCCNC(c1ccccc1)c1nnn(C2CC2)n1)c1cc(-c2nc3cc(NC(=O)[C@@H]4C[C@@H]4F)ccc3o2)ccn1. The number of rotatable bonds is 11. The number of hydrogen-bond donors (Lipinski definition) is 3. The summed E-state index contributed by atoms with van der Waals surface area (Å²) in [4.78, 5) is 35.4. The number of nitrogens with one attached hydrogen (secondary N) is 3. The molecule has 0 aliphatic heterocycles. The van der Waals surface area contributed by atoms with Crippen LogP contribution in [0.1, 0.15) is 53.2 Å². The lowest BCUT2D eigenvalue weighted by Gasteiger charge is -2.16. The van der Waals surface area contributed by atoms with Crippen molar-refractivity contribution in [2.75, 3.05) is 18.4 Å². The molecule has 3 N–H and O–H groups in total. The molecule has 0 bridgehead atoms. The number of alkyl halides is 1. The normalized spacial score (nSPS) is 18.3. The quantitative estimate of drug-likeness (QED) is 0.199. The van der Waals surface area contributed by atoms with Gasteiger partial charge in [0.1, 0.15) is 17.4 Å². The number of oxazole rings is 1. The van der Waals surface area contributed by atoms with E-state index >= 15 is 0 Å². The minimum absolute atomic E-state index is 0.214. The molecule has 0 spiro atoms. The molecule has 3 aromatic heterocycles. The molecule has 3 atom stereocenters. The number of carbonyl (C=O) groups excluding carboxylic acids is 2. The van der Waals surface area contributed by atoms with E-state index in [2.05, 4.69) is 41.3 Å². The molecular weight excluding hydrogens is 553 g/mol. The zero-order valence-electron chi connectivity index (χ0n) is 23.0. The van der Waals surface area contributed by atoms with Gasteiger partial charge in [0.05, 0.1) is 18.0 Å². The summed E-state index contributed by atoms with van der Waals surface area (Å²) < 4.78 is 19.1. The van der Waals surface area contributed by atoms with Gasteiger partial charge in [0.2, 0.25) is 11.8 Å². The highest BCUT2D eigenvalue weighted by atomic mass is 19.1. The van der Waals surface area contributed by atoms with Crippen LogP contribution in [0.5, 0.6) is 0 Å². The van der Waals surface area contributed by atoms with Gasteiger partial charge in [-0.1, -0.05) is 30.3 Å². The predicted octanol–water partition coefficient (Wildman–Crippen LogP) is 3.62. The van der Waals surface area contributed by atoms with Gasteiger partial charge in [-0.05, 0) is 60.4 Å². The smallest absolute Gasteiger partial charge is 0.269 e. The first-order valence-corrected chi connectivity index (χ1v) is 14.2. The van der Waals surface area contributed by atoms with Gasteiger partial charge in [0, 0.05) is 30.5 Å². The van der Waals surface area contributed by atoms with E-state index in [0.29, 0.717) is 53.2 Å². The summed E-state index contributed by atoms with van der Waals surface area (Å²) in [6, 6.07) is 18.3. The second-order valence-electron chi connectivity index (χ2n) is 10.7. The van der Waals surface area contributed by atoms with Gasteiger partial charge in [-0.2, -0.15) is 4.80 Å². The van der Waals surface area contributed by atoms with Crippen LogP contribution in [0.15, 0.2) is 71.3 Å². The molecular formula is C30H28FN9O3. The van der Waals surface area contributed by atoms with Gasteiger partial charge in [0.25, 0.3) is 5.91 Å². The number of amides is 2. The van der Waals surface area contributed by atoms with Crippen molar-refractivity contribution in [3.05, 3.63) is 83.9 Å². The molecule has 2 aromatic carbocycles. The summed E-state index contributed by atoms with van der Waals surface area (Å²) >= 11 is 0. The Kier molecular flexibility index (Phi) is 7.07. The highest BCUT2D eigenvalue weighted by molar-refractivity contribution is 5.96. The fourth-order valence-corrected chi connectivity index (χ4v) is 4.79. The molecule has 2 aliphatic carbocycles. The predicted molar refractivity (Wildman–Crippen MR) is 154 cm³/mol. The molecule has 1 unspecified atom stereocenters. The number of carbonyl (C=O) groups is 2. The first-order valence-electron chi connectivity index (χ1n) is 14.2. The molecule has 0 radical (unpaired) electrons. The Morgan fingerprint density at radius 1 is 1.07 bits per heavy atom. The third-order valence-corrected chi connectivity index (χ3v) is 7.41. The molecule has 13 heteroatoms. The maximum absolute atomic E-state index is 13.2. The van der Waals surface area contributed by atoms with E-state index in [1.807, 2.05) is 30.3 Å². The van der Waals surface area contributed by atoms with Gasteiger partial charge in [-0.3, -0.25) is 14.6 Å². The largest absolute Gasteiger partial charge is 0.436 e. The molecule has 5 aromatic rings. The first kappa shape index (κ1) is 26.8. The van der Waals surface area contributed by atoms with E-state index in [4.69, 9.17) is 4.42 Å². The Balaban J connectivity index is 0.982. The van der Waals surface area contributed by atoms with Gasteiger partial charge >= 0.3 is 0 Å². The summed E-state index contributed by atoms with van der Waals surface area (Å²) in [6.45, 7) is 0.798. The Bertz CT molecular complexity index is 1790. The van der Waals surface area contributed by atoms with Gasteiger partial charge < -0.3 is 20.4 Å². The fraction of sp³-hybridized carbons (Fsp3) is 0.300. The monoisotopic (exact) mass is 581 g/mol. The highest BCUT2D eigenvalue weighted by Crippen LogP contribution is 2.35. The number of tetrazole rings is 1. The lowest BCUT2D eigenvalue weighted by molar-refractivity contribution is -0.117. The maximum atomic E-state index is 13.2. The third kappa shape index (κ3) is 5.97. The number of nitrogens with zero attached hydrogens (tertiary/aromatic N) is 6. The van der Waals surface area contributed by atoms with Crippen LogP contribution >= 0.6 is 0 Å². The molecule has 2 fully saturated rings. The Labute approximate surface area is 245 Å². The molecule has 3 heterocycles. The van der Waals surface area contributed by atoms with Crippen LogP contribution in [-0.2, 0) is 4.79 Å². The molecule has 0 saturated heterocycles. The van der Waals surface area contributed by atoms with Crippen LogP contribution in [0.25, 0.3) is 22.6 Å². The van der Waals surface area contributed by atoms with E-state index in [1.165, 1.54) is 6.20 Å². The zero-order chi connectivity index (χ0) is 29.3. The second kappa shape index (κ2) is 11.3. The number of pyridine rings is 1. The van der Waals surface area contributed by atoms with Crippen molar-refractivity contribution in [1.29, 1.82) is 0 Å². The van der Waals surface area contributed by atoms with Crippen LogP contribution in [0.3, 0.4) is 0 Å². The topological polar surface area (TPSA) is 153 Å². The summed E-state index contributed by atoms with van der Waals surface area (Å²) in [7, 11) is 0. The van der Waals surface area contributed by atoms with E-state index in [1.54, 1.807) is 35.1 Å². The lowest BCUT2D eigenvalue weighted by Crippen LogP contribution is -2.34. The fourth-order valence-electron chi connectivity index (χ4n) is 4.79. The summed E-state index contributed by atoms with van der Waals surface area (Å²) in [5.41, 5.74) is 3.34. The Morgan fingerprint density at radius 3 is 2.70 bits per heavy atom. The van der Waals surface area contributed by atoms with Crippen LogP contribution in [0.2, 0.25) is 0 Å². The Morgan fingerprint density at radius 2 is 1.91 bits per heavy atom. The molecule has 2 aliphatic rings. The summed E-state index contributed by atoms with van der Waals surface area (Å²) in [5, 5.41) is 22.1. The van der Waals surface area contributed by atoms with Crippen LogP contribution in [0.4, 0.5) is 10.1 Å². The zero-order valence-corrected chi connectivity index (χ0v) is 23.0. The van der Waals surface area contributed by atoms with Crippen molar-refractivity contribution in [2.45, 2.75) is 37.5 Å². The van der Waals surface area contributed by atoms with Crippen molar-refractivity contribution in [3.8, 4) is 11.5 Å². The number of halogens is 1. The van der Waals surface area contributed by atoms with Crippen molar-refractivity contribution in [2.24, 2.45) is 5.92 Å². The van der Waals surface area contributed by atoms with E-state index in [9.17, 15) is 14.0 Å². The van der Waals surface area contributed by atoms with Crippen molar-refractivity contribution < 1.29 is 18.4 Å². The van der Waals surface area contributed by atoms with Gasteiger partial charge in [0.15, 0.2) is 11.4 Å². The van der Waals surface area contributed by atoms with Crippen molar-refractivity contribution >= 4 is 28.6 Å². The number of anilines is 1. The number of benzene rings is 2. The molecule has 2 amide bonds. The second-order valence-corrected chi connectivity index (χ2v) is 10.7. The minimum atomic E-state index is -1.07. The minimum Gasteiger partial charge on any atom is -0.436 e. The molecule has 218 valence electrons. The number of fused-ring (bicyclic) bond motifs is 1. The maximum Gasteiger partial charge on any atom is 0.269 e. The van der Waals surface area contributed by atoms with Crippen LogP contribution in [0, 0.1) is 5.92 Å². The highest BCUT2D eigenvalue weighted by Gasteiger charge is 2.43. The summed E-state index contributed by atoms with van der Waals surface area (Å²) in [6.07, 6.45) is 2.84. The van der Waals surface area contributed by atoms with E-state index in [-0.39, 0.29) is 30.0 Å². The van der Waals surface area contributed by atoms with E-state index in [0.717, 1.165) is 18.4 Å². The number of hydrogen-bond acceptors (Lipinski definition) is 9. The molecule has 7 rings (SSSR count). The van der Waals surface area contributed by atoms with Crippen molar-refractivity contribution in [1.82, 2.24) is 40.8 Å². The van der Waals surface area contributed by atoms with Gasteiger partial charge in [-0.15, -0.1) is 10.2 Å². The molecule has 43 heavy (non-hydrogen) atoms. The van der Waals surface area contributed by atoms with Crippen molar-refractivity contribution in [3.63, 3.8) is 0 Å². The van der Waals surface area contributed by atoms with Crippen LogP contribution in [-0.4, -0.2) is 61.3 Å². The average Bonchev–Trinajstić information content (AvgIpc) is 3.92. The van der Waals surface area contributed by atoms with Crippen LogP contribution < -0.4 is 16.0 Å². The van der Waals surface area contributed by atoms with Gasteiger partial charge in [-0.25, -0.2) is 9.37 Å². The third-order valence-electron chi connectivity index (χ3n) is 7.41. The van der Waals surface area contributed by atoms with E-state index < -0.39 is 12.1 Å². The molecule has 12 nitrogen and oxygen atoms in total. The first-order chi connectivity index (χ1) is 21.0. The number of aromatic nitrogens is 6. The summed E-state index contributed by atoms with van der Waals surface area (Å²) in [5.74, 6) is -0.380. The average molecular weight is 582 g/mol.